The highest BCUT2D eigenvalue weighted by Gasteiger charge is 2.12. The molecule has 0 aliphatic rings. The monoisotopic (exact) mass is 392 g/mol. The summed E-state index contributed by atoms with van der Waals surface area (Å²) in [4.78, 5) is 42.3. The fourth-order valence-corrected chi connectivity index (χ4v) is 4.12. The molecule has 10 heteroatoms. The van der Waals surface area contributed by atoms with Crippen molar-refractivity contribution in [1.82, 2.24) is 14.5 Å². The Morgan fingerprint density at radius 2 is 2.19 bits per heavy atom. The first kappa shape index (κ1) is 18.4. The van der Waals surface area contributed by atoms with Crippen LogP contribution in [0.4, 0.5) is 5.82 Å². The third-order valence-corrected chi connectivity index (χ3v) is 5.60. The molecule has 0 radical (unpaired) electrons. The fourth-order valence-electron chi connectivity index (χ4n) is 2.25. The van der Waals surface area contributed by atoms with Crippen molar-refractivity contribution in [3.05, 3.63) is 51.2 Å². The second kappa shape index (κ2) is 8.30. The van der Waals surface area contributed by atoms with Gasteiger partial charge in [0.1, 0.15) is 5.82 Å². The number of hydrogen-bond donors (Lipinski definition) is 2. The molecule has 0 aliphatic carbocycles. The summed E-state index contributed by atoms with van der Waals surface area (Å²) in [5.41, 5.74) is -0.273. The van der Waals surface area contributed by atoms with Crippen molar-refractivity contribution in [1.29, 1.82) is 0 Å². The number of H-pyrrole nitrogens is 1. The maximum atomic E-state index is 12.2. The predicted molar refractivity (Wildman–Crippen MR) is 102 cm³/mol. The van der Waals surface area contributed by atoms with E-state index in [-0.39, 0.29) is 30.6 Å². The topological polar surface area (TPSA) is 106 Å². The largest absolute Gasteiger partial charge is 0.383 e. The lowest BCUT2D eigenvalue weighted by Gasteiger charge is -2.12. The summed E-state index contributed by atoms with van der Waals surface area (Å²) in [5, 5.41) is 2.61. The highest BCUT2D eigenvalue weighted by atomic mass is 32.2. The number of ether oxygens (including phenoxy) is 1. The molecule has 0 unspecified atom stereocenters. The molecule has 0 spiro atoms. The molecule has 136 valence electrons. The van der Waals surface area contributed by atoms with Gasteiger partial charge in [0.2, 0.25) is 5.91 Å². The normalized spacial score (nSPS) is 11.0. The summed E-state index contributed by atoms with van der Waals surface area (Å²) in [7, 11) is 1.50. The van der Waals surface area contributed by atoms with Gasteiger partial charge in [0.05, 0.1) is 29.1 Å². The summed E-state index contributed by atoms with van der Waals surface area (Å²) in [6, 6.07) is 8.92. The maximum Gasteiger partial charge on any atom is 0.329 e. The number of thioether (sulfide) groups is 1. The summed E-state index contributed by atoms with van der Waals surface area (Å²) in [5.74, 6) is -0.0680. The predicted octanol–water partition coefficient (Wildman–Crippen LogP) is 1.52. The lowest BCUT2D eigenvalue weighted by molar-refractivity contribution is -0.113. The Hall–Kier alpha value is -2.43. The fraction of sp³-hybridized carbons (Fsp3) is 0.250. The Labute approximate surface area is 156 Å². The quantitative estimate of drug-likeness (QED) is 0.591. The Morgan fingerprint density at radius 1 is 1.38 bits per heavy atom. The van der Waals surface area contributed by atoms with Crippen molar-refractivity contribution in [2.75, 3.05) is 24.8 Å². The Balaban J connectivity index is 1.69. The van der Waals surface area contributed by atoms with Crippen LogP contribution in [0.1, 0.15) is 0 Å². The molecule has 1 aromatic carbocycles. The molecule has 26 heavy (non-hydrogen) atoms. The first-order chi connectivity index (χ1) is 12.6. The third-order valence-electron chi connectivity index (χ3n) is 3.42. The number of benzene rings is 1. The molecule has 8 nitrogen and oxygen atoms in total. The van der Waals surface area contributed by atoms with Gasteiger partial charge >= 0.3 is 5.69 Å². The van der Waals surface area contributed by atoms with Crippen molar-refractivity contribution in [3.8, 4) is 0 Å². The van der Waals surface area contributed by atoms with Gasteiger partial charge in [0.25, 0.3) is 5.56 Å². The van der Waals surface area contributed by atoms with Crippen LogP contribution in [0.25, 0.3) is 10.2 Å². The molecular formula is C16H16N4O4S2. The number of rotatable bonds is 7. The van der Waals surface area contributed by atoms with E-state index in [2.05, 4.69) is 15.3 Å². The van der Waals surface area contributed by atoms with Crippen LogP contribution in [0.5, 0.6) is 0 Å². The molecule has 3 rings (SSSR count). The van der Waals surface area contributed by atoms with Crippen LogP contribution < -0.4 is 16.6 Å². The van der Waals surface area contributed by atoms with E-state index < -0.39 is 11.2 Å². The minimum atomic E-state index is -0.594. The average Bonchev–Trinajstić information content (AvgIpc) is 3.02. The number of carbonyl (C=O) groups excluding carboxylic acids is 1. The second-order valence-corrected chi connectivity index (χ2v) is 7.51. The SMILES string of the molecule is COCCn1c(NC(=O)CSc2nc3ccccc3s2)cc(=O)[nH]c1=O. The number of nitrogens with zero attached hydrogens (tertiary/aromatic N) is 2. The maximum absolute atomic E-state index is 12.2. The smallest absolute Gasteiger partial charge is 0.329 e. The van der Waals surface area contributed by atoms with Gasteiger partial charge in [0, 0.05) is 13.2 Å². The van der Waals surface area contributed by atoms with E-state index in [1.807, 2.05) is 24.3 Å². The van der Waals surface area contributed by atoms with Gasteiger partial charge in [0.15, 0.2) is 4.34 Å². The molecule has 0 saturated carbocycles. The number of amides is 1. The number of nitrogens with one attached hydrogen (secondary N) is 2. The van der Waals surface area contributed by atoms with Crippen molar-refractivity contribution >= 4 is 45.0 Å². The molecule has 0 atom stereocenters. The summed E-state index contributed by atoms with van der Waals surface area (Å²) in [6.45, 7) is 0.488. The number of thiazole rings is 1. The molecule has 3 aromatic rings. The van der Waals surface area contributed by atoms with Crippen LogP contribution in [0.3, 0.4) is 0 Å². The average molecular weight is 392 g/mol. The Morgan fingerprint density at radius 3 is 2.96 bits per heavy atom. The van der Waals surface area contributed by atoms with Crippen molar-refractivity contribution in [2.45, 2.75) is 10.9 Å². The number of methoxy groups -OCH3 is 1. The van der Waals surface area contributed by atoms with E-state index in [1.54, 1.807) is 0 Å². The molecule has 0 saturated heterocycles. The van der Waals surface area contributed by atoms with E-state index in [9.17, 15) is 14.4 Å². The van der Waals surface area contributed by atoms with Crippen LogP contribution >= 0.6 is 23.1 Å². The van der Waals surface area contributed by atoms with Gasteiger partial charge in [-0.25, -0.2) is 9.78 Å². The standard InChI is InChI=1S/C16H16N4O4S2/c1-24-7-6-20-12(8-13(21)19-15(20)23)18-14(22)9-25-16-17-10-4-2-3-5-11(10)26-16/h2-5,8H,6-7,9H2,1H3,(H,18,22)(H,19,21,23). The van der Waals surface area contributed by atoms with Crippen LogP contribution in [-0.4, -0.2) is 39.9 Å². The van der Waals surface area contributed by atoms with Gasteiger partial charge in [-0.2, -0.15) is 0 Å². The molecule has 2 aromatic heterocycles. The van der Waals surface area contributed by atoms with Gasteiger partial charge in [-0.3, -0.25) is 19.1 Å². The van der Waals surface area contributed by atoms with Crippen molar-refractivity contribution in [2.24, 2.45) is 0 Å². The summed E-state index contributed by atoms with van der Waals surface area (Å²) in [6.07, 6.45) is 0. The van der Waals surface area contributed by atoms with E-state index in [0.29, 0.717) is 0 Å². The number of hydrogen-bond acceptors (Lipinski definition) is 7. The van der Waals surface area contributed by atoms with E-state index >= 15 is 0 Å². The Bertz CT molecular complexity index is 1010. The van der Waals surface area contributed by atoms with Crippen LogP contribution in [0, 0.1) is 0 Å². The number of anilines is 1. The number of aromatic nitrogens is 3. The first-order valence-electron chi connectivity index (χ1n) is 7.68. The molecule has 0 aliphatic heterocycles. The first-order valence-corrected chi connectivity index (χ1v) is 9.48. The molecule has 0 fully saturated rings. The summed E-state index contributed by atoms with van der Waals surface area (Å²) < 4.78 is 8.04. The van der Waals surface area contributed by atoms with E-state index in [4.69, 9.17) is 4.74 Å². The van der Waals surface area contributed by atoms with Gasteiger partial charge in [-0.1, -0.05) is 23.9 Å². The zero-order chi connectivity index (χ0) is 18.5. The number of aromatic amines is 1. The summed E-state index contributed by atoms with van der Waals surface area (Å²) >= 11 is 2.81. The molecule has 2 heterocycles. The number of carbonyl (C=O) groups is 1. The van der Waals surface area contributed by atoms with Crippen LogP contribution in [0.15, 0.2) is 44.3 Å². The lowest BCUT2D eigenvalue weighted by Crippen LogP contribution is -2.34. The van der Waals surface area contributed by atoms with Crippen molar-refractivity contribution in [3.63, 3.8) is 0 Å². The van der Waals surface area contributed by atoms with Gasteiger partial charge in [-0.05, 0) is 12.1 Å². The Kier molecular flexibility index (Phi) is 5.86. The highest BCUT2D eigenvalue weighted by molar-refractivity contribution is 8.01. The molecular weight excluding hydrogens is 376 g/mol. The zero-order valence-electron chi connectivity index (χ0n) is 13.9. The van der Waals surface area contributed by atoms with E-state index in [1.165, 1.54) is 40.8 Å². The van der Waals surface area contributed by atoms with Gasteiger partial charge < -0.3 is 10.1 Å². The second-order valence-electron chi connectivity index (χ2n) is 5.25. The van der Waals surface area contributed by atoms with Gasteiger partial charge in [-0.15, -0.1) is 11.3 Å². The zero-order valence-corrected chi connectivity index (χ0v) is 15.5. The van der Waals surface area contributed by atoms with Crippen LogP contribution in [-0.2, 0) is 16.1 Å². The van der Waals surface area contributed by atoms with Crippen LogP contribution in [0.2, 0.25) is 0 Å². The molecule has 0 bridgehead atoms. The minimum absolute atomic E-state index is 0.116. The van der Waals surface area contributed by atoms with E-state index in [0.717, 1.165) is 14.6 Å². The third kappa shape index (κ3) is 4.40. The number of para-hydroxylation sites is 1. The molecule has 2 N–H and O–H groups in total. The minimum Gasteiger partial charge on any atom is -0.383 e. The van der Waals surface area contributed by atoms with Crippen molar-refractivity contribution < 1.29 is 9.53 Å². The molecule has 1 amide bonds. The lowest BCUT2D eigenvalue weighted by atomic mass is 10.3. The highest BCUT2D eigenvalue weighted by Crippen LogP contribution is 2.29. The number of fused-ring (bicyclic) bond motifs is 1.